The van der Waals surface area contributed by atoms with E-state index in [0.29, 0.717) is 0 Å². The van der Waals surface area contributed by atoms with Crippen LogP contribution in [0.1, 0.15) is 194 Å². The zero-order valence-electron chi connectivity index (χ0n) is 28.4. The maximum atomic E-state index is 5.56. The van der Waals surface area contributed by atoms with Crippen molar-refractivity contribution in [3.63, 3.8) is 0 Å². The molecular weight excluding hydrogens is 500 g/mol. The summed E-state index contributed by atoms with van der Waals surface area (Å²) in [6.45, 7) is 8.66. The smallest absolute Gasteiger partial charge is 0.157 e. The van der Waals surface area contributed by atoms with E-state index in [9.17, 15) is 0 Å². The van der Waals surface area contributed by atoms with Gasteiger partial charge < -0.3 is 9.47 Å². The van der Waals surface area contributed by atoms with Crippen molar-refractivity contribution in [1.29, 1.82) is 0 Å². The van der Waals surface area contributed by atoms with E-state index in [2.05, 4.69) is 45.1 Å². The fourth-order valence-electron chi connectivity index (χ4n) is 6.45. The Kier molecular flexibility index (Phi) is 28.9. The Bertz CT molecular complexity index is 562. The van der Waals surface area contributed by atoms with Crippen LogP contribution in [0.5, 0.6) is 0 Å². The lowest BCUT2D eigenvalue weighted by atomic mass is 9.88. The average molecular weight is 575 g/mol. The molecule has 2 unspecified atom stereocenters. The highest BCUT2D eigenvalue weighted by Crippen LogP contribution is 2.26. The summed E-state index contributed by atoms with van der Waals surface area (Å²) in [7, 11) is 0. The van der Waals surface area contributed by atoms with Crippen LogP contribution in [0.2, 0.25) is 0 Å². The quantitative estimate of drug-likeness (QED) is 0.0605. The minimum absolute atomic E-state index is 0.0978. The zero-order valence-corrected chi connectivity index (χ0v) is 28.4. The number of unbranched alkanes of at least 4 members (excludes halogenated alkanes) is 15. The Morgan fingerprint density at radius 2 is 1.02 bits per heavy atom. The van der Waals surface area contributed by atoms with E-state index in [-0.39, 0.29) is 6.29 Å². The van der Waals surface area contributed by atoms with Crippen LogP contribution in [-0.4, -0.2) is 19.5 Å². The third kappa shape index (κ3) is 26.7. The van der Waals surface area contributed by atoms with Gasteiger partial charge in [0.25, 0.3) is 0 Å². The third-order valence-electron chi connectivity index (χ3n) is 9.15. The summed E-state index contributed by atoms with van der Waals surface area (Å²) in [5, 5.41) is 0. The van der Waals surface area contributed by atoms with Crippen LogP contribution in [0.3, 0.4) is 0 Å². The SMILES string of the molecule is CCCCC/C=C\C/C=C\CCCCCCCCCC(CCCCCCCCC1OCCO1)CCCC(C)CCC. The summed E-state index contributed by atoms with van der Waals surface area (Å²) < 4.78 is 11.1. The van der Waals surface area contributed by atoms with Crippen molar-refractivity contribution >= 4 is 0 Å². The predicted octanol–water partition coefficient (Wildman–Crippen LogP) is 13.3. The maximum Gasteiger partial charge on any atom is 0.157 e. The van der Waals surface area contributed by atoms with Crippen molar-refractivity contribution in [1.82, 2.24) is 0 Å². The van der Waals surface area contributed by atoms with Crippen LogP contribution in [-0.2, 0) is 9.47 Å². The Hall–Kier alpha value is -0.600. The Morgan fingerprint density at radius 3 is 1.61 bits per heavy atom. The molecule has 0 aliphatic carbocycles. The highest BCUT2D eigenvalue weighted by molar-refractivity contribution is 4.92. The van der Waals surface area contributed by atoms with E-state index < -0.39 is 0 Å². The van der Waals surface area contributed by atoms with Gasteiger partial charge in [0.2, 0.25) is 0 Å². The highest BCUT2D eigenvalue weighted by atomic mass is 16.7. The molecule has 1 aliphatic rings. The van der Waals surface area contributed by atoms with Gasteiger partial charge in [-0.2, -0.15) is 0 Å². The second-order valence-corrected chi connectivity index (χ2v) is 13.3. The molecule has 2 heteroatoms. The maximum absolute atomic E-state index is 5.56. The Morgan fingerprint density at radius 1 is 0.512 bits per heavy atom. The van der Waals surface area contributed by atoms with Crippen LogP contribution in [0.25, 0.3) is 0 Å². The second-order valence-electron chi connectivity index (χ2n) is 13.3. The van der Waals surface area contributed by atoms with Crippen molar-refractivity contribution in [2.45, 2.75) is 200 Å². The number of rotatable bonds is 31. The van der Waals surface area contributed by atoms with Crippen LogP contribution >= 0.6 is 0 Å². The zero-order chi connectivity index (χ0) is 29.5. The van der Waals surface area contributed by atoms with Crippen LogP contribution < -0.4 is 0 Å². The highest BCUT2D eigenvalue weighted by Gasteiger charge is 2.14. The Labute approximate surface area is 258 Å². The molecule has 1 heterocycles. The van der Waals surface area contributed by atoms with Gasteiger partial charge in [-0.15, -0.1) is 0 Å². The topological polar surface area (TPSA) is 18.5 Å². The molecule has 1 aliphatic heterocycles. The first-order valence-corrected chi connectivity index (χ1v) is 18.8. The van der Waals surface area contributed by atoms with E-state index >= 15 is 0 Å². The molecule has 0 saturated carbocycles. The molecule has 0 N–H and O–H groups in total. The van der Waals surface area contributed by atoms with E-state index in [0.717, 1.165) is 37.9 Å². The lowest BCUT2D eigenvalue weighted by Crippen LogP contribution is -2.06. The summed E-state index contributed by atoms with van der Waals surface area (Å²) in [5.74, 6) is 1.91. The lowest BCUT2D eigenvalue weighted by Gasteiger charge is -2.18. The fourth-order valence-corrected chi connectivity index (χ4v) is 6.45. The molecule has 2 nitrogen and oxygen atoms in total. The summed E-state index contributed by atoms with van der Waals surface area (Å²) in [5.41, 5.74) is 0. The molecule has 242 valence electrons. The Balaban J connectivity index is 2.03. The number of hydrogen-bond acceptors (Lipinski definition) is 2. The van der Waals surface area contributed by atoms with Gasteiger partial charge >= 0.3 is 0 Å². The molecule has 1 fully saturated rings. The molecule has 0 aromatic heterocycles. The van der Waals surface area contributed by atoms with Crippen molar-refractivity contribution < 1.29 is 9.47 Å². The lowest BCUT2D eigenvalue weighted by molar-refractivity contribution is -0.0480. The minimum atomic E-state index is 0.0978. The molecule has 0 aromatic carbocycles. The van der Waals surface area contributed by atoms with Crippen molar-refractivity contribution in [2.24, 2.45) is 11.8 Å². The normalized spacial score (nSPS) is 16.0. The summed E-state index contributed by atoms with van der Waals surface area (Å²) in [6, 6.07) is 0. The van der Waals surface area contributed by atoms with Gasteiger partial charge in [0.15, 0.2) is 6.29 Å². The van der Waals surface area contributed by atoms with Crippen LogP contribution in [0.4, 0.5) is 0 Å². The van der Waals surface area contributed by atoms with E-state index in [1.165, 1.54) is 161 Å². The molecule has 41 heavy (non-hydrogen) atoms. The monoisotopic (exact) mass is 575 g/mol. The summed E-state index contributed by atoms with van der Waals surface area (Å²) in [4.78, 5) is 0. The average Bonchev–Trinajstić information content (AvgIpc) is 3.49. The first kappa shape index (κ1) is 38.4. The molecule has 2 atom stereocenters. The number of hydrogen-bond donors (Lipinski definition) is 0. The van der Waals surface area contributed by atoms with Gasteiger partial charge in [0.05, 0.1) is 13.2 Å². The van der Waals surface area contributed by atoms with Gasteiger partial charge in [-0.1, -0.05) is 173 Å². The standard InChI is InChI=1S/C39H74O2/c1-4-6-7-8-9-10-11-12-13-14-15-16-17-18-19-22-25-31-38(33-28-30-37(3)29-5-2)32-26-23-20-21-24-27-34-39-40-35-36-41-39/h9-10,12-13,37-39H,4-8,11,14-36H2,1-3H3/b10-9-,13-12-. The van der Waals surface area contributed by atoms with Gasteiger partial charge in [0.1, 0.15) is 0 Å². The summed E-state index contributed by atoms with van der Waals surface area (Å²) in [6.07, 6.45) is 46.8. The van der Waals surface area contributed by atoms with E-state index in [4.69, 9.17) is 9.47 Å². The second kappa shape index (κ2) is 30.8. The van der Waals surface area contributed by atoms with Crippen LogP contribution in [0, 0.1) is 11.8 Å². The third-order valence-corrected chi connectivity index (χ3v) is 9.15. The molecular formula is C39H74O2. The molecule has 0 bridgehead atoms. The molecule has 0 amide bonds. The van der Waals surface area contributed by atoms with Crippen molar-refractivity contribution in [3.05, 3.63) is 24.3 Å². The van der Waals surface area contributed by atoms with Gasteiger partial charge in [-0.3, -0.25) is 0 Å². The number of ether oxygens (including phenoxy) is 2. The number of allylic oxidation sites excluding steroid dienone is 4. The minimum Gasteiger partial charge on any atom is -0.350 e. The molecule has 0 spiro atoms. The van der Waals surface area contributed by atoms with Gasteiger partial charge in [0, 0.05) is 0 Å². The molecule has 0 aromatic rings. The molecule has 1 saturated heterocycles. The molecule has 1 rings (SSSR count). The largest absolute Gasteiger partial charge is 0.350 e. The first-order valence-electron chi connectivity index (χ1n) is 18.8. The van der Waals surface area contributed by atoms with Crippen molar-refractivity contribution in [2.75, 3.05) is 13.2 Å². The first-order chi connectivity index (χ1) is 20.3. The predicted molar refractivity (Wildman–Crippen MR) is 183 cm³/mol. The summed E-state index contributed by atoms with van der Waals surface area (Å²) >= 11 is 0. The molecule has 0 radical (unpaired) electrons. The van der Waals surface area contributed by atoms with Crippen molar-refractivity contribution in [3.8, 4) is 0 Å². The fraction of sp³-hybridized carbons (Fsp3) is 0.897. The van der Waals surface area contributed by atoms with Crippen LogP contribution in [0.15, 0.2) is 24.3 Å². The van der Waals surface area contributed by atoms with E-state index in [1.807, 2.05) is 0 Å². The van der Waals surface area contributed by atoms with E-state index in [1.54, 1.807) is 0 Å². The van der Waals surface area contributed by atoms with Gasteiger partial charge in [-0.25, -0.2) is 0 Å². The van der Waals surface area contributed by atoms with Gasteiger partial charge in [-0.05, 0) is 56.8 Å².